The lowest BCUT2D eigenvalue weighted by Gasteiger charge is -2.11. The van der Waals surface area contributed by atoms with E-state index in [1.54, 1.807) is 13.0 Å². The number of halogens is 3. The monoisotopic (exact) mass is 280 g/mol. The molecule has 20 heavy (non-hydrogen) atoms. The highest BCUT2D eigenvalue weighted by Gasteiger charge is 2.14. The van der Waals surface area contributed by atoms with Gasteiger partial charge in [-0.2, -0.15) is 0 Å². The fourth-order valence-electron chi connectivity index (χ4n) is 1.74. The van der Waals surface area contributed by atoms with Crippen LogP contribution in [0.2, 0.25) is 0 Å². The second kappa shape index (κ2) is 5.64. The number of carbonyl (C=O) groups excluding carboxylic acids is 1. The van der Waals surface area contributed by atoms with Crippen LogP contribution in [0.4, 0.5) is 18.9 Å². The van der Waals surface area contributed by atoms with Crippen LogP contribution < -0.4 is 10.9 Å². The molecule has 2 aromatic rings. The van der Waals surface area contributed by atoms with E-state index in [9.17, 15) is 18.0 Å². The Morgan fingerprint density at radius 1 is 1.05 bits per heavy atom. The molecule has 0 radical (unpaired) electrons. The van der Waals surface area contributed by atoms with Gasteiger partial charge in [0.2, 0.25) is 0 Å². The topological polar surface area (TPSA) is 41.1 Å². The fourth-order valence-corrected chi connectivity index (χ4v) is 1.74. The van der Waals surface area contributed by atoms with Crippen LogP contribution in [0.1, 0.15) is 15.9 Å². The first kappa shape index (κ1) is 13.9. The Labute approximate surface area is 113 Å². The van der Waals surface area contributed by atoms with Gasteiger partial charge in [-0.25, -0.2) is 13.2 Å². The highest BCUT2D eigenvalue weighted by molar-refractivity contribution is 5.96. The summed E-state index contributed by atoms with van der Waals surface area (Å²) in [6.45, 7) is 1.58. The van der Waals surface area contributed by atoms with Crippen molar-refractivity contribution in [3.63, 3.8) is 0 Å². The average molecular weight is 280 g/mol. The molecule has 0 heterocycles. The molecule has 0 aromatic heterocycles. The van der Waals surface area contributed by atoms with Crippen LogP contribution >= 0.6 is 0 Å². The molecule has 0 saturated heterocycles. The zero-order valence-corrected chi connectivity index (χ0v) is 10.5. The van der Waals surface area contributed by atoms with E-state index in [1.165, 1.54) is 6.07 Å². The van der Waals surface area contributed by atoms with Crippen LogP contribution in [-0.2, 0) is 0 Å². The summed E-state index contributed by atoms with van der Waals surface area (Å²) in [6, 6.07) is 6.92. The van der Waals surface area contributed by atoms with Gasteiger partial charge < -0.3 is 0 Å². The zero-order chi connectivity index (χ0) is 14.7. The highest BCUT2D eigenvalue weighted by atomic mass is 19.1. The molecule has 0 bridgehead atoms. The summed E-state index contributed by atoms with van der Waals surface area (Å²) in [7, 11) is 0. The first-order chi connectivity index (χ1) is 9.47. The molecule has 3 nitrogen and oxygen atoms in total. The Bertz CT molecular complexity index is 618. The van der Waals surface area contributed by atoms with E-state index in [2.05, 4.69) is 10.9 Å². The molecular formula is C14H11F3N2O. The maximum atomic E-state index is 13.5. The van der Waals surface area contributed by atoms with Crippen molar-refractivity contribution in [2.24, 2.45) is 0 Å². The quantitative estimate of drug-likeness (QED) is 0.848. The lowest BCUT2D eigenvalue weighted by Crippen LogP contribution is -2.30. The van der Waals surface area contributed by atoms with Gasteiger partial charge in [-0.1, -0.05) is 12.1 Å². The van der Waals surface area contributed by atoms with Crippen LogP contribution in [0.3, 0.4) is 0 Å². The van der Waals surface area contributed by atoms with E-state index in [4.69, 9.17) is 0 Å². The molecule has 0 saturated carbocycles. The molecule has 104 valence electrons. The van der Waals surface area contributed by atoms with Gasteiger partial charge in [0.25, 0.3) is 5.91 Å². The zero-order valence-electron chi connectivity index (χ0n) is 10.5. The van der Waals surface area contributed by atoms with Gasteiger partial charge in [0.15, 0.2) is 0 Å². The van der Waals surface area contributed by atoms with Gasteiger partial charge in [-0.15, -0.1) is 0 Å². The summed E-state index contributed by atoms with van der Waals surface area (Å²) >= 11 is 0. The number of hydrazine groups is 1. The summed E-state index contributed by atoms with van der Waals surface area (Å²) in [4.78, 5) is 11.8. The first-order valence-electron chi connectivity index (χ1n) is 5.75. The molecule has 0 atom stereocenters. The SMILES string of the molecule is Cc1cccc(F)c1C(=O)NNc1cc(F)cc(F)c1. The number of carbonyl (C=O) groups is 1. The van der Waals surface area contributed by atoms with E-state index in [1.807, 2.05) is 0 Å². The van der Waals surface area contributed by atoms with Gasteiger partial charge in [0, 0.05) is 6.07 Å². The maximum absolute atomic E-state index is 13.5. The molecule has 0 fully saturated rings. The lowest BCUT2D eigenvalue weighted by molar-refractivity contribution is 0.0958. The number of anilines is 1. The minimum absolute atomic E-state index is 0.0184. The van der Waals surface area contributed by atoms with Crippen molar-refractivity contribution in [3.05, 3.63) is 65.0 Å². The normalized spacial score (nSPS) is 10.2. The molecule has 1 amide bonds. The molecule has 2 rings (SSSR count). The predicted octanol–water partition coefficient (Wildman–Crippen LogP) is 3.17. The summed E-state index contributed by atoms with van der Waals surface area (Å²) in [5.41, 5.74) is 4.87. The van der Waals surface area contributed by atoms with Crippen LogP contribution in [0, 0.1) is 24.4 Å². The van der Waals surface area contributed by atoms with Crippen LogP contribution in [0.5, 0.6) is 0 Å². The molecule has 2 N–H and O–H groups in total. The molecule has 0 aliphatic heterocycles. The molecule has 0 spiro atoms. The Kier molecular flexibility index (Phi) is 3.93. The highest BCUT2D eigenvalue weighted by Crippen LogP contribution is 2.14. The number of hydrogen-bond donors (Lipinski definition) is 2. The summed E-state index contributed by atoms with van der Waals surface area (Å²) in [5, 5.41) is 0. The minimum atomic E-state index is -0.788. The molecule has 2 aromatic carbocycles. The maximum Gasteiger partial charge on any atom is 0.272 e. The van der Waals surface area contributed by atoms with Crippen LogP contribution in [0.25, 0.3) is 0 Å². The molecule has 6 heteroatoms. The van der Waals surface area contributed by atoms with Crippen molar-refractivity contribution in [2.75, 3.05) is 5.43 Å². The van der Waals surface area contributed by atoms with Gasteiger partial charge in [-0.05, 0) is 30.7 Å². The van der Waals surface area contributed by atoms with Crippen molar-refractivity contribution >= 4 is 11.6 Å². The van der Waals surface area contributed by atoms with E-state index < -0.39 is 23.4 Å². The third kappa shape index (κ3) is 3.09. The Hall–Kier alpha value is -2.50. The molecule has 0 unspecified atom stereocenters. The Balaban J connectivity index is 2.13. The Morgan fingerprint density at radius 2 is 1.70 bits per heavy atom. The summed E-state index contributed by atoms with van der Waals surface area (Å²) in [5.74, 6) is -2.98. The standard InChI is InChI=1S/C14H11F3N2O/c1-8-3-2-4-12(17)13(8)14(20)19-18-11-6-9(15)5-10(16)7-11/h2-7,18H,1H3,(H,19,20). The van der Waals surface area contributed by atoms with E-state index in [0.717, 1.165) is 18.2 Å². The summed E-state index contributed by atoms with van der Waals surface area (Å²) < 4.78 is 39.4. The molecular weight excluding hydrogens is 269 g/mol. The third-order valence-electron chi connectivity index (χ3n) is 2.63. The second-order valence-electron chi connectivity index (χ2n) is 4.17. The minimum Gasteiger partial charge on any atom is -0.298 e. The van der Waals surface area contributed by atoms with Gasteiger partial charge in [0.1, 0.15) is 17.5 Å². The van der Waals surface area contributed by atoms with Crippen molar-refractivity contribution in [1.82, 2.24) is 5.43 Å². The van der Waals surface area contributed by atoms with Crippen LogP contribution in [-0.4, -0.2) is 5.91 Å². The van der Waals surface area contributed by atoms with Crippen molar-refractivity contribution < 1.29 is 18.0 Å². The van der Waals surface area contributed by atoms with E-state index >= 15 is 0 Å². The van der Waals surface area contributed by atoms with E-state index in [0.29, 0.717) is 11.6 Å². The molecule has 0 aliphatic rings. The number of rotatable bonds is 3. The smallest absolute Gasteiger partial charge is 0.272 e. The predicted molar refractivity (Wildman–Crippen MR) is 68.6 cm³/mol. The van der Waals surface area contributed by atoms with Crippen LogP contribution in [0.15, 0.2) is 36.4 Å². The summed E-state index contributed by atoms with van der Waals surface area (Å²) in [6.07, 6.45) is 0. The van der Waals surface area contributed by atoms with Crippen molar-refractivity contribution in [1.29, 1.82) is 0 Å². The fraction of sp³-hybridized carbons (Fsp3) is 0.0714. The second-order valence-corrected chi connectivity index (χ2v) is 4.17. The van der Waals surface area contributed by atoms with Crippen molar-refractivity contribution in [3.8, 4) is 0 Å². The Morgan fingerprint density at radius 3 is 2.30 bits per heavy atom. The first-order valence-corrected chi connectivity index (χ1v) is 5.75. The van der Waals surface area contributed by atoms with Gasteiger partial charge in [-0.3, -0.25) is 15.6 Å². The van der Waals surface area contributed by atoms with E-state index in [-0.39, 0.29) is 11.3 Å². The van der Waals surface area contributed by atoms with Gasteiger partial charge in [0.05, 0.1) is 11.3 Å². The largest absolute Gasteiger partial charge is 0.298 e. The van der Waals surface area contributed by atoms with Gasteiger partial charge >= 0.3 is 0 Å². The van der Waals surface area contributed by atoms with Crippen molar-refractivity contribution in [2.45, 2.75) is 6.92 Å². The molecule has 0 aliphatic carbocycles. The number of aryl methyl sites for hydroxylation is 1. The number of amides is 1. The number of benzene rings is 2. The average Bonchev–Trinajstić information content (AvgIpc) is 2.35. The number of hydrogen-bond acceptors (Lipinski definition) is 2. The number of nitrogens with one attached hydrogen (secondary N) is 2. The third-order valence-corrected chi connectivity index (χ3v) is 2.63. The lowest BCUT2D eigenvalue weighted by atomic mass is 10.1.